The van der Waals surface area contributed by atoms with Crippen LogP contribution in [0, 0.1) is 5.92 Å². The van der Waals surface area contributed by atoms with Crippen molar-refractivity contribution >= 4 is 5.91 Å². The van der Waals surface area contributed by atoms with E-state index in [9.17, 15) is 4.79 Å². The van der Waals surface area contributed by atoms with E-state index in [4.69, 9.17) is 4.84 Å². The van der Waals surface area contributed by atoms with E-state index in [-0.39, 0.29) is 11.8 Å². The van der Waals surface area contributed by atoms with E-state index in [1.54, 1.807) is 0 Å². The maximum Gasteiger partial charge on any atom is 0.249 e. The first-order chi connectivity index (χ1) is 7.36. The lowest BCUT2D eigenvalue weighted by Gasteiger charge is -2.25. The van der Waals surface area contributed by atoms with Crippen LogP contribution in [0.15, 0.2) is 30.3 Å². The number of benzene rings is 1. The monoisotopic (exact) mass is 206 g/mol. The van der Waals surface area contributed by atoms with E-state index in [2.05, 4.69) is 10.8 Å². The minimum atomic E-state index is -0.0373. The molecule has 15 heavy (non-hydrogen) atoms. The third-order valence-electron chi connectivity index (χ3n) is 2.41. The van der Waals surface area contributed by atoms with Crippen molar-refractivity contribution in [3.8, 4) is 0 Å². The number of hydrogen-bond donors (Lipinski definition) is 2. The van der Waals surface area contributed by atoms with E-state index >= 15 is 0 Å². The Labute approximate surface area is 88.6 Å². The number of amides is 1. The smallest absolute Gasteiger partial charge is 0.249 e. The molecule has 0 saturated carbocycles. The highest BCUT2D eigenvalue weighted by Crippen LogP contribution is 2.03. The fourth-order valence-corrected chi connectivity index (χ4v) is 1.32. The van der Waals surface area contributed by atoms with Gasteiger partial charge in [0.25, 0.3) is 0 Å². The molecule has 1 aromatic rings. The number of rotatable bonds is 4. The number of carbonyl (C=O) groups is 1. The van der Waals surface area contributed by atoms with Gasteiger partial charge in [-0.2, -0.15) is 0 Å². The number of hydroxylamine groups is 1. The number of hydrogen-bond acceptors (Lipinski definition) is 3. The predicted octanol–water partition coefficient (Wildman–Crippen LogP) is 0.454. The van der Waals surface area contributed by atoms with Crippen LogP contribution in [0.2, 0.25) is 0 Å². The first kappa shape index (κ1) is 10.1. The maximum atomic E-state index is 11.3. The van der Waals surface area contributed by atoms with Crippen molar-refractivity contribution in [2.45, 2.75) is 6.61 Å². The number of nitrogens with one attached hydrogen (secondary N) is 2. The van der Waals surface area contributed by atoms with Crippen molar-refractivity contribution in [3.05, 3.63) is 35.9 Å². The van der Waals surface area contributed by atoms with E-state index in [0.717, 1.165) is 18.7 Å². The molecule has 0 unspecified atom stereocenters. The van der Waals surface area contributed by atoms with Crippen molar-refractivity contribution in [2.75, 3.05) is 13.1 Å². The Morgan fingerprint density at radius 2 is 2.13 bits per heavy atom. The first-order valence-corrected chi connectivity index (χ1v) is 5.02. The van der Waals surface area contributed by atoms with Crippen LogP contribution in [0.1, 0.15) is 5.56 Å². The highest BCUT2D eigenvalue weighted by Gasteiger charge is 2.24. The normalized spacial score (nSPS) is 15.7. The molecule has 1 aliphatic heterocycles. The zero-order valence-corrected chi connectivity index (χ0v) is 8.40. The molecule has 2 rings (SSSR count). The maximum absolute atomic E-state index is 11.3. The van der Waals surface area contributed by atoms with Crippen molar-refractivity contribution in [1.29, 1.82) is 0 Å². The van der Waals surface area contributed by atoms with Crippen LogP contribution in [0.5, 0.6) is 0 Å². The molecule has 1 fully saturated rings. The summed E-state index contributed by atoms with van der Waals surface area (Å²) in [7, 11) is 0. The molecule has 1 aromatic carbocycles. The van der Waals surface area contributed by atoms with E-state index < -0.39 is 0 Å². The Balaban J connectivity index is 1.68. The van der Waals surface area contributed by atoms with E-state index in [1.807, 2.05) is 30.3 Å². The summed E-state index contributed by atoms with van der Waals surface area (Å²) in [6, 6.07) is 9.74. The molecule has 0 radical (unpaired) electrons. The fraction of sp³-hybridized carbons (Fsp3) is 0.364. The molecule has 0 atom stereocenters. The summed E-state index contributed by atoms with van der Waals surface area (Å²) in [6.45, 7) is 1.91. The lowest BCUT2D eigenvalue weighted by Crippen LogP contribution is -2.50. The average Bonchev–Trinajstić information content (AvgIpc) is 2.16. The topological polar surface area (TPSA) is 50.4 Å². The van der Waals surface area contributed by atoms with Crippen molar-refractivity contribution in [2.24, 2.45) is 5.92 Å². The third-order valence-corrected chi connectivity index (χ3v) is 2.41. The molecule has 1 saturated heterocycles. The van der Waals surface area contributed by atoms with Gasteiger partial charge in [0.1, 0.15) is 0 Å². The number of carbonyl (C=O) groups excluding carboxylic acids is 1. The Morgan fingerprint density at radius 1 is 1.40 bits per heavy atom. The van der Waals surface area contributed by atoms with Gasteiger partial charge in [0.15, 0.2) is 0 Å². The van der Waals surface area contributed by atoms with Crippen LogP contribution in [-0.2, 0) is 16.2 Å². The fourth-order valence-electron chi connectivity index (χ4n) is 1.32. The van der Waals surface area contributed by atoms with Gasteiger partial charge in [0.2, 0.25) is 5.91 Å². The third kappa shape index (κ3) is 2.78. The highest BCUT2D eigenvalue weighted by atomic mass is 16.6. The quantitative estimate of drug-likeness (QED) is 0.703. The van der Waals surface area contributed by atoms with Gasteiger partial charge in [0, 0.05) is 13.1 Å². The highest BCUT2D eigenvalue weighted by molar-refractivity contribution is 5.78. The van der Waals surface area contributed by atoms with Crippen LogP contribution < -0.4 is 10.8 Å². The van der Waals surface area contributed by atoms with Gasteiger partial charge in [-0.1, -0.05) is 30.3 Å². The van der Waals surface area contributed by atoms with Gasteiger partial charge in [-0.15, -0.1) is 0 Å². The summed E-state index contributed by atoms with van der Waals surface area (Å²) in [6.07, 6.45) is 0. The van der Waals surface area contributed by atoms with Gasteiger partial charge >= 0.3 is 0 Å². The Morgan fingerprint density at radius 3 is 2.73 bits per heavy atom. The van der Waals surface area contributed by atoms with E-state index in [0.29, 0.717) is 6.61 Å². The van der Waals surface area contributed by atoms with Gasteiger partial charge in [-0.3, -0.25) is 9.63 Å². The Hall–Kier alpha value is -1.39. The van der Waals surface area contributed by atoms with Crippen LogP contribution in [0.25, 0.3) is 0 Å². The first-order valence-electron chi connectivity index (χ1n) is 5.02. The van der Waals surface area contributed by atoms with Crippen LogP contribution in [0.4, 0.5) is 0 Å². The SMILES string of the molecule is O=C(NOCc1ccccc1)C1CNC1. The Bertz CT molecular complexity index is 323. The standard InChI is InChI=1S/C11H14N2O2/c14-11(10-6-12-7-10)13-15-8-9-4-2-1-3-5-9/h1-5,10,12H,6-8H2,(H,13,14). The molecule has 0 aromatic heterocycles. The second kappa shape index (κ2) is 4.91. The zero-order chi connectivity index (χ0) is 10.5. The van der Waals surface area contributed by atoms with Crippen molar-refractivity contribution < 1.29 is 9.63 Å². The average molecular weight is 206 g/mol. The largest absolute Gasteiger partial charge is 0.315 e. The molecule has 4 nitrogen and oxygen atoms in total. The second-order valence-electron chi connectivity index (χ2n) is 3.60. The minimum Gasteiger partial charge on any atom is -0.315 e. The predicted molar refractivity (Wildman–Crippen MR) is 55.7 cm³/mol. The summed E-state index contributed by atoms with van der Waals surface area (Å²) < 4.78 is 0. The van der Waals surface area contributed by atoms with Crippen LogP contribution in [-0.4, -0.2) is 19.0 Å². The molecular formula is C11H14N2O2. The Kier molecular flexibility index (Phi) is 3.32. The van der Waals surface area contributed by atoms with Gasteiger partial charge < -0.3 is 5.32 Å². The molecule has 0 aliphatic carbocycles. The summed E-state index contributed by atoms with van der Waals surface area (Å²) in [5.74, 6) is 0.0328. The summed E-state index contributed by atoms with van der Waals surface area (Å²) in [5.41, 5.74) is 3.50. The molecule has 2 N–H and O–H groups in total. The van der Waals surface area contributed by atoms with Gasteiger partial charge in [-0.25, -0.2) is 5.48 Å². The lowest BCUT2D eigenvalue weighted by molar-refractivity contribution is -0.140. The van der Waals surface area contributed by atoms with Crippen molar-refractivity contribution in [1.82, 2.24) is 10.8 Å². The molecule has 4 heteroatoms. The van der Waals surface area contributed by atoms with Crippen LogP contribution in [0.3, 0.4) is 0 Å². The molecular weight excluding hydrogens is 192 g/mol. The molecule has 1 heterocycles. The van der Waals surface area contributed by atoms with Gasteiger partial charge in [-0.05, 0) is 5.56 Å². The second-order valence-corrected chi connectivity index (χ2v) is 3.60. The molecule has 1 amide bonds. The van der Waals surface area contributed by atoms with Crippen molar-refractivity contribution in [3.63, 3.8) is 0 Å². The lowest BCUT2D eigenvalue weighted by atomic mass is 10.0. The molecule has 0 bridgehead atoms. The zero-order valence-electron chi connectivity index (χ0n) is 8.40. The summed E-state index contributed by atoms with van der Waals surface area (Å²) in [4.78, 5) is 16.5. The van der Waals surface area contributed by atoms with Gasteiger partial charge in [0.05, 0.1) is 12.5 Å². The summed E-state index contributed by atoms with van der Waals surface area (Å²) >= 11 is 0. The molecule has 0 spiro atoms. The molecule has 80 valence electrons. The van der Waals surface area contributed by atoms with Crippen LogP contribution >= 0.6 is 0 Å². The molecule has 1 aliphatic rings. The summed E-state index contributed by atoms with van der Waals surface area (Å²) in [5, 5.41) is 3.03. The minimum absolute atomic E-state index is 0.0373. The van der Waals surface area contributed by atoms with E-state index in [1.165, 1.54) is 0 Å².